The first-order valence-corrected chi connectivity index (χ1v) is 10.3. The number of amides is 2. The highest BCUT2D eigenvalue weighted by Crippen LogP contribution is 2.21. The van der Waals surface area contributed by atoms with Crippen molar-refractivity contribution in [2.75, 3.05) is 26.2 Å². The molecule has 2 aromatic carbocycles. The Morgan fingerprint density at radius 3 is 2.29 bits per heavy atom. The van der Waals surface area contributed by atoms with Crippen molar-refractivity contribution < 1.29 is 14.0 Å². The second-order valence-electron chi connectivity index (χ2n) is 7.12. The van der Waals surface area contributed by atoms with Gasteiger partial charge in [-0.25, -0.2) is 9.07 Å². The summed E-state index contributed by atoms with van der Waals surface area (Å²) in [5, 5.41) is 8.78. The van der Waals surface area contributed by atoms with Gasteiger partial charge in [0.1, 0.15) is 5.82 Å². The van der Waals surface area contributed by atoms with Gasteiger partial charge < -0.3 is 9.80 Å². The van der Waals surface area contributed by atoms with Gasteiger partial charge in [-0.15, -0.1) is 5.10 Å². The number of carbonyl (C=O) groups excluding carboxylic acids is 2. The Labute approximate surface area is 188 Å². The smallest absolute Gasteiger partial charge is 0.276 e. The van der Waals surface area contributed by atoms with Gasteiger partial charge >= 0.3 is 0 Å². The van der Waals surface area contributed by atoms with Gasteiger partial charge in [0.05, 0.1) is 22.0 Å². The third kappa shape index (κ3) is 4.26. The van der Waals surface area contributed by atoms with Crippen LogP contribution in [0.4, 0.5) is 4.39 Å². The molecular formula is C21H18Cl2FN5O2. The van der Waals surface area contributed by atoms with Gasteiger partial charge in [0, 0.05) is 31.2 Å². The summed E-state index contributed by atoms with van der Waals surface area (Å²) in [6.45, 7) is 3.11. The van der Waals surface area contributed by atoms with Gasteiger partial charge in [0.15, 0.2) is 5.69 Å². The summed E-state index contributed by atoms with van der Waals surface area (Å²) in [5.74, 6) is -1.05. The maximum atomic E-state index is 13.2. The molecule has 1 fully saturated rings. The molecule has 0 radical (unpaired) electrons. The molecule has 160 valence electrons. The number of halogens is 3. The minimum Gasteiger partial charge on any atom is -0.335 e. The molecule has 0 bridgehead atoms. The van der Waals surface area contributed by atoms with Crippen molar-refractivity contribution in [2.45, 2.75) is 6.92 Å². The van der Waals surface area contributed by atoms with Crippen LogP contribution in [0.15, 0.2) is 42.5 Å². The van der Waals surface area contributed by atoms with Crippen LogP contribution in [0.2, 0.25) is 10.0 Å². The van der Waals surface area contributed by atoms with Crippen LogP contribution in [-0.4, -0.2) is 62.8 Å². The fourth-order valence-corrected chi connectivity index (χ4v) is 3.91. The van der Waals surface area contributed by atoms with E-state index in [2.05, 4.69) is 10.3 Å². The van der Waals surface area contributed by atoms with E-state index in [0.29, 0.717) is 42.6 Å². The van der Waals surface area contributed by atoms with E-state index in [-0.39, 0.29) is 28.1 Å². The van der Waals surface area contributed by atoms with Crippen LogP contribution >= 0.6 is 23.2 Å². The number of nitrogens with zero attached hydrogens (tertiary/aromatic N) is 5. The zero-order chi connectivity index (χ0) is 22.1. The molecule has 0 spiro atoms. The number of piperazine rings is 1. The molecule has 0 N–H and O–H groups in total. The first-order chi connectivity index (χ1) is 14.8. The second-order valence-corrected chi connectivity index (χ2v) is 7.97. The molecule has 10 heteroatoms. The molecule has 1 saturated heterocycles. The molecule has 2 amide bonds. The fourth-order valence-electron chi connectivity index (χ4n) is 3.48. The molecule has 0 saturated carbocycles. The average molecular weight is 462 g/mol. The number of rotatable bonds is 3. The summed E-state index contributed by atoms with van der Waals surface area (Å²) in [4.78, 5) is 28.9. The zero-order valence-corrected chi connectivity index (χ0v) is 18.1. The molecular weight excluding hydrogens is 444 g/mol. The van der Waals surface area contributed by atoms with E-state index in [1.807, 2.05) is 6.07 Å². The lowest BCUT2D eigenvalue weighted by Gasteiger charge is -2.34. The molecule has 2 heterocycles. The van der Waals surface area contributed by atoms with Crippen LogP contribution in [0.25, 0.3) is 5.69 Å². The number of carbonyl (C=O) groups is 2. The Balaban J connectivity index is 1.45. The van der Waals surface area contributed by atoms with Crippen LogP contribution in [-0.2, 0) is 0 Å². The molecule has 4 rings (SSSR count). The Morgan fingerprint density at radius 2 is 1.65 bits per heavy atom. The minimum absolute atomic E-state index is 0.0664. The highest BCUT2D eigenvalue weighted by Gasteiger charge is 2.29. The van der Waals surface area contributed by atoms with Crippen molar-refractivity contribution in [1.29, 1.82) is 0 Å². The Hall–Kier alpha value is -2.97. The maximum Gasteiger partial charge on any atom is 0.276 e. The van der Waals surface area contributed by atoms with Gasteiger partial charge in [-0.1, -0.05) is 34.5 Å². The van der Waals surface area contributed by atoms with Gasteiger partial charge in [-0.3, -0.25) is 9.59 Å². The van der Waals surface area contributed by atoms with E-state index in [0.717, 1.165) is 6.07 Å². The van der Waals surface area contributed by atoms with E-state index in [9.17, 15) is 14.0 Å². The summed E-state index contributed by atoms with van der Waals surface area (Å²) in [5.41, 5.74) is 1.80. The van der Waals surface area contributed by atoms with Gasteiger partial charge in [0.2, 0.25) is 0 Å². The third-order valence-electron chi connectivity index (χ3n) is 5.17. The number of aromatic nitrogens is 3. The number of hydrogen-bond donors (Lipinski definition) is 0. The minimum atomic E-state index is -0.502. The van der Waals surface area contributed by atoms with E-state index in [1.165, 1.54) is 12.1 Å². The predicted octanol–water partition coefficient (Wildman–Crippen LogP) is 3.62. The predicted molar refractivity (Wildman–Crippen MR) is 114 cm³/mol. The summed E-state index contributed by atoms with van der Waals surface area (Å²) in [7, 11) is 0. The van der Waals surface area contributed by atoms with E-state index < -0.39 is 5.82 Å². The third-order valence-corrected chi connectivity index (χ3v) is 5.71. The molecule has 31 heavy (non-hydrogen) atoms. The standard InChI is InChI=1S/C21H18Cl2FN5O2/c1-13-19(25-26-29(13)16-4-2-3-14(22)11-16)21(31)28-9-7-27(8-10-28)20(30)17-6-5-15(24)12-18(17)23/h2-6,11-12H,7-10H2,1H3. The molecule has 0 unspecified atom stereocenters. The monoisotopic (exact) mass is 461 g/mol. The number of benzene rings is 2. The molecule has 1 aromatic heterocycles. The van der Waals surface area contributed by atoms with Gasteiger partial charge in [-0.05, 0) is 43.3 Å². The van der Waals surface area contributed by atoms with Crippen molar-refractivity contribution in [2.24, 2.45) is 0 Å². The van der Waals surface area contributed by atoms with Crippen molar-refractivity contribution in [3.8, 4) is 5.69 Å². The first kappa shape index (κ1) is 21.3. The van der Waals surface area contributed by atoms with Crippen LogP contribution in [0.5, 0.6) is 0 Å². The highest BCUT2D eigenvalue weighted by molar-refractivity contribution is 6.33. The molecule has 7 nitrogen and oxygen atoms in total. The van der Waals surface area contributed by atoms with E-state index in [4.69, 9.17) is 23.2 Å². The van der Waals surface area contributed by atoms with Gasteiger partial charge in [-0.2, -0.15) is 0 Å². The summed E-state index contributed by atoms with van der Waals surface area (Å²) in [6.07, 6.45) is 0. The average Bonchev–Trinajstić information content (AvgIpc) is 3.14. The maximum absolute atomic E-state index is 13.2. The second kappa shape index (κ2) is 8.64. The van der Waals surface area contributed by atoms with E-state index >= 15 is 0 Å². The fraction of sp³-hybridized carbons (Fsp3) is 0.238. The summed E-state index contributed by atoms with van der Waals surface area (Å²) >= 11 is 12.0. The molecule has 3 aromatic rings. The summed E-state index contributed by atoms with van der Waals surface area (Å²) < 4.78 is 14.8. The van der Waals surface area contributed by atoms with Crippen LogP contribution < -0.4 is 0 Å². The SMILES string of the molecule is Cc1c(C(=O)N2CCN(C(=O)c3ccc(F)cc3Cl)CC2)nnn1-c1cccc(Cl)c1. The Bertz CT molecular complexity index is 1160. The Kier molecular flexibility index (Phi) is 5.93. The van der Waals surface area contributed by atoms with Crippen molar-refractivity contribution >= 4 is 35.0 Å². The van der Waals surface area contributed by atoms with Crippen LogP contribution in [0.3, 0.4) is 0 Å². The quantitative estimate of drug-likeness (QED) is 0.596. The number of hydrogen-bond acceptors (Lipinski definition) is 4. The molecule has 1 aliphatic rings. The van der Waals surface area contributed by atoms with Crippen molar-refractivity contribution in [3.05, 3.63) is 75.3 Å². The zero-order valence-electron chi connectivity index (χ0n) is 16.6. The van der Waals surface area contributed by atoms with E-state index in [1.54, 1.807) is 39.6 Å². The lowest BCUT2D eigenvalue weighted by molar-refractivity contribution is 0.0532. The molecule has 1 aliphatic heterocycles. The lowest BCUT2D eigenvalue weighted by Crippen LogP contribution is -2.50. The normalized spacial score (nSPS) is 14.1. The first-order valence-electron chi connectivity index (χ1n) is 9.57. The molecule has 0 atom stereocenters. The van der Waals surface area contributed by atoms with Crippen LogP contribution in [0.1, 0.15) is 26.5 Å². The van der Waals surface area contributed by atoms with Crippen LogP contribution in [0, 0.1) is 12.7 Å². The summed E-state index contributed by atoms with van der Waals surface area (Å²) in [6, 6.07) is 10.8. The van der Waals surface area contributed by atoms with Crippen molar-refractivity contribution in [3.63, 3.8) is 0 Å². The van der Waals surface area contributed by atoms with Crippen molar-refractivity contribution in [1.82, 2.24) is 24.8 Å². The highest BCUT2D eigenvalue weighted by atomic mass is 35.5. The molecule has 0 aliphatic carbocycles. The largest absolute Gasteiger partial charge is 0.335 e. The van der Waals surface area contributed by atoms with Gasteiger partial charge in [0.25, 0.3) is 11.8 Å². The lowest BCUT2D eigenvalue weighted by atomic mass is 10.1. The Morgan fingerprint density at radius 1 is 0.968 bits per heavy atom. The topological polar surface area (TPSA) is 71.3 Å².